The molecule has 1 aliphatic rings. The standard InChI is InChI=1S/C18H23N5O5S/c1-13-2-4-14(5-3-13)19-12-17(24)21-22-18(25)16-10-15(11-20-16)29(26,27)23-6-8-28-9-7-23/h2-5,10-11,19-20H,6-9,12H2,1H3,(H,21,24)(H,22,25). The number of hydrazine groups is 1. The molecule has 0 aliphatic carbocycles. The minimum atomic E-state index is -3.70. The molecule has 2 aromatic rings. The number of hydrogen-bond donors (Lipinski definition) is 4. The molecule has 0 unspecified atom stereocenters. The maximum Gasteiger partial charge on any atom is 0.286 e. The fourth-order valence-corrected chi connectivity index (χ4v) is 4.08. The molecule has 11 heteroatoms. The predicted molar refractivity (Wildman–Crippen MR) is 106 cm³/mol. The van der Waals surface area contributed by atoms with Gasteiger partial charge in [0.25, 0.3) is 11.8 Å². The molecular weight excluding hydrogens is 398 g/mol. The number of hydrogen-bond acceptors (Lipinski definition) is 6. The summed E-state index contributed by atoms with van der Waals surface area (Å²) in [5, 5.41) is 2.93. The molecule has 0 bridgehead atoms. The van der Waals surface area contributed by atoms with Crippen molar-refractivity contribution in [1.82, 2.24) is 20.1 Å². The Bertz CT molecular complexity index is 965. The third kappa shape index (κ3) is 5.34. The highest BCUT2D eigenvalue weighted by Gasteiger charge is 2.28. The third-order valence-corrected chi connectivity index (χ3v) is 6.21. The molecule has 10 nitrogen and oxygen atoms in total. The molecule has 156 valence electrons. The van der Waals surface area contributed by atoms with Crippen LogP contribution in [0.3, 0.4) is 0 Å². The second kappa shape index (κ2) is 9.07. The van der Waals surface area contributed by atoms with Gasteiger partial charge in [-0.05, 0) is 25.1 Å². The first-order valence-corrected chi connectivity index (χ1v) is 10.5. The lowest BCUT2D eigenvalue weighted by Crippen LogP contribution is -2.44. The topological polar surface area (TPSA) is 133 Å². The molecule has 2 heterocycles. The van der Waals surface area contributed by atoms with Gasteiger partial charge >= 0.3 is 0 Å². The summed E-state index contributed by atoms with van der Waals surface area (Å²) in [7, 11) is -3.70. The predicted octanol–water partition coefficient (Wildman–Crippen LogP) is 0.217. The lowest BCUT2D eigenvalue weighted by atomic mass is 10.2. The summed E-state index contributed by atoms with van der Waals surface area (Å²) in [6.07, 6.45) is 1.25. The van der Waals surface area contributed by atoms with E-state index >= 15 is 0 Å². The van der Waals surface area contributed by atoms with Crippen molar-refractivity contribution in [1.29, 1.82) is 0 Å². The summed E-state index contributed by atoms with van der Waals surface area (Å²) in [4.78, 5) is 26.7. The van der Waals surface area contributed by atoms with Gasteiger partial charge in [0.05, 0.1) is 19.8 Å². The van der Waals surface area contributed by atoms with Crippen molar-refractivity contribution in [3.8, 4) is 0 Å². The molecule has 2 amide bonds. The molecule has 29 heavy (non-hydrogen) atoms. The van der Waals surface area contributed by atoms with Gasteiger partial charge in [0.2, 0.25) is 10.0 Å². The molecule has 4 N–H and O–H groups in total. The van der Waals surface area contributed by atoms with Crippen molar-refractivity contribution in [2.75, 3.05) is 38.2 Å². The Morgan fingerprint density at radius 1 is 1.14 bits per heavy atom. The number of nitrogens with one attached hydrogen (secondary N) is 4. The molecule has 1 fully saturated rings. The molecule has 1 aromatic carbocycles. The fraction of sp³-hybridized carbons (Fsp3) is 0.333. The molecule has 0 saturated carbocycles. The largest absolute Gasteiger partial charge is 0.379 e. The zero-order valence-corrected chi connectivity index (χ0v) is 16.7. The van der Waals surface area contributed by atoms with Crippen molar-refractivity contribution >= 4 is 27.5 Å². The van der Waals surface area contributed by atoms with Gasteiger partial charge in [-0.3, -0.25) is 20.4 Å². The van der Waals surface area contributed by atoms with E-state index in [1.807, 2.05) is 31.2 Å². The highest BCUT2D eigenvalue weighted by molar-refractivity contribution is 7.89. The molecule has 1 aromatic heterocycles. The van der Waals surface area contributed by atoms with Crippen LogP contribution in [-0.2, 0) is 19.6 Å². The van der Waals surface area contributed by atoms with Gasteiger partial charge in [-0.2, -0.15) is 4.31 Å². The van der Waals surface area contributed by atoms with Crippen LogP contribution < -0.4 is 16.2 Å². The number of ether oxygens (including phenoxy) is 1. The number of benzene rings is 1. The van der Waals surface area contributed by atoms with Gasteiger partial charge in [0.1, 0.15) is 10.6 Å². The molecule has 1 aliphatic heterocycles. The molecule has 3 rings (SSSR count). The minimum Gasteiger partial charge on any atom is -0.379 e. The summed E-state index contributed by atoms with van der Waals surface area (Å²) < 4.78 is 31.6. The minimum absolute atomic E-state index is 0.0167. The quantitative estimate of drug-likeness (QED) is 0.493. The van der Waals surface area contributed by atoms with E-state index in [4.69, 9.17) is 4.74 Å². The molecule has 0 radical (unpaired) electrons. The lowest BCUT2D eigenvalue weighted by molar-refractivity contribution is -0.120. The Hall–Kier alpha value is -2.89. The van der Waals surface area contributed by atoms with Gasteiger partial charge in [-0.1, -0.05) is 17.7 Å². The number of carbonyl (C=O) groups excluding carboxylic acids is 2. The maximum absolute atomic E-state index is 12.6. The first kappa shape index (κ1) is 20.8. The number of aromatic nitrogens is 1. The van der Waals surface area contributed by atoms with E-state index in [1.54, 1.807) is 0 Å². The molecular formula is C18H23N5O5S. The zero-order chi connectivity index (χ0) is 20.9. The van der Waals surface area contributed by atoms with Crippen LogP contribution in [0.15, 0.2) is 41.4 Å². The second-order valence-corrected chi connectivity index (χ2v) is 8.43. The Morgan fingerprint density at radius 2 is 1.83 bits per heavy atom. The smallest absolute Gasteiger partial charge is 0.286 e. The highest BCUT2D eigenvalue weighted by atomic mass is 32.2. The van der Waals surface area contributed by atoms with Gasteiger partial charge in [-0.25, -0.2) is 8.42 Å². The number of carbonyl (C=O) groups is 2. The highest BCUT2D eigenvalue weighted by Crippen LogP contribution is 2.18. The van der Waals surface area contributed by atoms with E-state index in [0.29, 0.717) is 13.2 Å². The van der Waals surface area contributed by atoms with Crippen molar-refractivity contribution in [2.45, 2.75) is 11.8 Å². The number of aromatic amines is 1. The van der Waals surface area contributed by atoms with Crippen LogP contribution in [0.4, 0.5) is 5.69 Å². The lowest BCUT2D eigenvalue weighted by Gasteiger charge is -2.25. The molecule has 0 spiro atoms. The number of anilines is 1. The monoisotopic (exact) mass is 421 g/mol. The number of aryl methyl sites for hydroxylation is 1. The van der Waals surface area contributed by atoms with Crippen LogP contribution in [0, 0.1) is 6.92 Å². The normalized spacial score (nSPS) is 14.9. The summed E-state index contributed by atoms with van der Waals surface area (Å²) in [5.41, 5.74) is 6.43. The SMILES string of the molecule is Cc1ccc(NCC(=O)NNC(=O)c2cc(S(=O)(=O)N3CCOCC3)c[nH]2)cc1. The van der Waals surface area contributed by atoms with Crippen molar-refractivity contribution in [3.63, 3.8) is 0 Å². The summed E-state index contributed by atoms with van der Waals surface area (Å²) in [6, 6.07) is 8.75. The average Bonchev–Trinajstić information content (AvgIpc) is 3.23. The van der Waals surface area contributed by atoms with Crippen molar-refractivity contribution in [3.05, 3.63) is 47.8 Å². The average molecular weight is 421 g/mol. The van der Waals surface area contributed by atoms with Gasteiger partial charge in [0.15, 0.2) is 0 Å². The summed E-state index contributed by atoms with van der Waals surface area (Å²) in [5.74, 6) is -1.11. The van der Waals surface area contributed by atoms with Crippen LogP contribution in [-0.4, -0.2) is 62.4 Å². The van der Waals surface area contributed by atoms with Crippen LogP contribution >= 0.6 is 0 Å². The number of rotatable bonds is 6. The van der Waals surface area contributed by atoms with Gasteiger partial charge < -0.3 is 15.0 Å². The van der Waals surface area contributed by atoms with E-state index in [0.717, 1.165) is 11.3 Å². The Kier molecular flexibility index (Phi) is 6.52. The van der Waals surface area contributed by atoms with Crippen molar-refractivity contribution in [2.24, 2.45) is 0 Å². The summed E-state index contributed by atoms with van der Waals surface area (Å²) in [6.45, 7) is 3.12. The van der Waals surface area contributed by atoms with Gasteiger partial charge in [-0.15, -0.1) is 0 Å². The first-order chi connectivity index (χ1) is 13.9. The van der Waals surface area contributed by atoms with E-state index in [1.165, 1.54) is 16.6 Å². The number of morpholine rings is 1. The Balaban J connectivity index is 1.50. The van der Waals surface area contributed by atoms with Crippen LogP contribution in [0.25, 0.3) is 0 Å². The van der Waals surface area contributed by atoms with E-state index in [9.17, 15) is 18.0 Å². The third-order valence-electron chi connectivity index (χ3n) is 4.33. The van der Waals surface area contributed by atoms with Crippen LogP contribution in [0.5, 0.6) is 0 Å². The number of sulfonamides is 1. The van der Waals surface area contributed by atoms with Crippen molar-refractivity contribution < 1.29 is 22.7 Å². The molecule has 0 atom stereocenters. The van der Waals surface area contributed by atoms with E-state index in [-0.39, 0.29) is 30.2 Å². The van der Waals surface area contributed by atoms with Crippen LogP contribution in [0.1, 0.15) is 16.1 Å². The second-order valence-electron chi connectivity index (χ2n) is 6.49. The molecule has 1 saturated heterocycles. The maximum atomic E-state index is 12.6. The first-order valence-electron chi connectivity index (χ1n) is 9.02. The van der Waals surface area contributed by atoms with Crippen LogP contribution in [0.2, 0.25) is 0 Å². The zero-order valence-electron chi connectivity index (χ0n) is 15.9. The van der Waals surface area contributed by atoms with E-state index in [2.05, 4.69) is 21.2 Å². The number of nitrogens with zero attached hydrogens (tertiary/aromatic N) is 1. The number of H-pyrrole nitrogens is 1. The Morgan fingerprint density at radius 3 is 2.52 bits per heavy atom. The number of amides is 2. The fourth-order valence-electron chi connectivity index (χ4n) is 2.68. The summed E-state index contributed by atoms with van der Waals surface area (Å²) >= 11 is 0. The van der Waals surface area contributed by atoms with Gasteiger partial charge in [0, 0.05) is 25.0 Å². The Labute approximate surface area is 168 Å². The van der Waals surface area contributed by atoms with E-state index < -0.39 is 21.8 Å².